The van der Waals surface area contributed by atoms with Gasteiger partial charge in [0.05, 0.1) is 12.2 Å². The summed E-state index contributed by atoms with van der Waals surface area (Å²) in [4.78, 5) is 24.0. The minimum atomic E-state index is -0.763. The van der Waals surface area contributed by atoms with Crippen molar-refractivity contribution < 1.29 is 23.8 Å². The van der Waals surface area contributed by atoms with E-state index in [0.29, 0.717) is 17.9 Å². The molecule has 0 N–H and O–H groups in total. The minimum absolute atomic E-state index is 0.207. The number of esters is 1. The van der Waals surface area contributed by atoms with Gasteiger partial charge in [-0.2, -0.15) is 0 Å². The molecule has 0 aliphatic carbocycles. The van der Waals surface area contributed by atoms with Crippen molar-refractivity contribution in [3.05, 3.63) is 59.4 Å². The molecular weight excluding hydrogens is 356 g/mol. The molecule has 3 rings (SSSR count). The molecule has 1 aliphatic heterocycles. The number of halogens is 1. The molecule has 0 radical (unpaired) electrons. The number of hydrogen-bond acceptors (Lipinski definition) is 5. The maximum Gasteiger partial charge on any atom is 0.329 e. The van der Waals surface area contributed by atoms with Gasteiger partial charge in [-0.15, -0.1) is 11.6 Å². The molecule has 0 aromatic heterocycles. The predicted molar refractivity (Wildman–Crippen MR) is 97.9 cm³/mol. The molecule has 0 spiro atoms. The van der Waals surface area contributed by atoms with Crippen molar-refractivity contribution in [2.24, 2.45) is 0 Å². The lowest BCUT2D eigenvalue weighted by Gasteiger charge is -2.06. The van der Waals surface area contributed by atoms with Gasteiger partial charge >= 0.3 is 5.97 Å². The molecule has 134 valence electrons. The van der Waals surface area contributed by atoms with E-state index in [9.17, 15) is 9.59 Å². The second kappa shape index (κ2) is 7.62. The van der Waals surface area contributed by atoms with Crippen LogP contribution in [0, 0.1) is 0 Å². The largest absolute Gasteiger partial charge is 0.494 e. The van der Waals surface area contributed by atoms with Gasteiger partial charge in [-0.1, -0.05) is 12.1 Å². The van der Waals surface area contributed by atoms with Crippen molar-refractivity contribution in [2.75, 3.05) is 6.61 Å². The highest BCUT2D eigenvalue weighted by Crippen LogP contribution is 2.35. The number of Topliss-reactive ketones (excluding diaryl/α,β-unsaturated/α-hetero) is 1. The molecular formula is C20H17ClO5. The third-order valence-electron chi connectivity index (χ3n) is 3.67. The van der Waals surface area contributed by atoms with Crippen molar-refractivity contribution in [3.8, 4) is 17.2 Å². The van der Waals surface area contributed by atoms with Crippen LogP contribution in [-0.4, -0.2) is 23.7 Å². The zero-order valence-corrected chi connectivity index (χ0v) is 15.1. The van der Waals surface area contributed by atoms with Crippen molar-refractivity contribution in [2.45, 2.75) is 19.2 Å². The molecule has 6 heteroatoms. The van der Waals surface area contributed by atoms with Crippen molar-refractivity contribution in [1.82, 2.24) is 0 Å². The molecule has 1 unspecified atom stereocenters. The topological polar surface area (TPSA) is 61.8 Å². The van der Waals surface area contributed by atoms with E-state index in [2.05, 4.69) is 0 Å². The van der Waals surface area contributed by atoms with E-state index in [-0.39, 0.29) is 17.3 Å². The van der Waals surface area contributed by atoms with Crippen LogP contribution < -0.4 is 14.2 Å². The first-order valence-electron chi connectivity index (χ1n) is 8.15. The SMILES string of the molecule is CCOc1ccc(/C=C2\Oc3cc(OC(=O)C(C)Cl)ccc3C2=O)cc1. The number of rotatable bonds is 5. The molecule has 5 nitrogen and oxygen atoms in total. The van der Waals surface area contributed by atoms with E-state index in [1.807, 2.05) is 31.2 Å². The van der Waals surface area contributed by atoms with Crippen LogP contribution >= 0.6 is 11.6 Å². The molecule has 1 aliphatic rings. The number of carbonyl (C=O) groups is 2. The smallest absolute Gasteiger partial charge is 0.329 e. The summed E-state index contributed by atoms with van der Waals surface area (Å²) in [5.41, 5.74) is 1.23. The average Bonchev–Trinajstić information content (AvgIpc) is 2.92. The summed E-state index contributed by atoms with van der Waals surface area (Å²) >= 11 is 5.68. The third kappa shape index (κ3) is 3.89. The van der Waals surface area contributed by atoms with Gasteiger partial charge in [0.1, 0.15) is 22.6 Å². The Labute approximate surface area is 156 Å². The lowest BCUT2D eigenvalue weighted by atomic mass is 10.1. The van der Waals surface area contributed by atoms with Gasteiger partial charge < -0.3 is 14.2 Å². The van der Waals surface area contributed by atoms with Crippen molar-refractivity contribution in [3.63, 3.8) is 0 Å². The highest BCUT2D eigenvalue weighted by Gasteiger charge is 2.28. The molecule has 0 fully saturated rings. The number of allylic oxidation sites excluding steroid dienone is 1. The second-order valence-electron chi connectivity index (χ2n) is 5.64. The summed E-state index contributed by atoms with van der Waals surface area (Å²) in [5, 5.41) is -0.763. The Bertz CT molecular complexity index is 868. The van der Waals surface area contributed by atoms with Gasteiger partial charge in [0.25, 0.3) is 0 Å². The Morgan fingerprint density at radius 2 is 1.88 bits per heavy atom. The number of alkyl halides is 1. The van der Waals surface area contributed by atoms with Gasteiger partial charge in [-0.25, -0.2) is 0 Å². The van der Waals surface area contributed by atoms with Gasteiger partial charge in [0.15, 0.2) is 5.76 Å². The molecule has 0 bridgehead atoms. The Morgan fingerprint density at radius 3 is 2.54 bits per heavy atom. The summed E-state index contributed by atoms with van der Waals surface area (Å²) in [6.07, 6.45) is 1.66. The molecule has 2 aromatic rings. The molecule has 0 saturated carbocycles. The predicted octanol–water partition coefficient (Wildman–Crippen LogP) is 4.23. The van der Waals surface area contributed by atoms with Crippen LogP contribution in [-0.2, 0) is 4.79 Å². The van der Waals surface area contributed by atoms with Crippen LogP contribution in [0.2, 0.25) is 0 Å². The number of hydrogen-bond donors (Lipinski definition) is 0. The zero-order valence-electron chi connectivity index (χ0n) is 14.3. The number of benzene rings is 2. The minimum Gasteiger partial charge on any atom is -0.494 e. The van der Waals surface area contributed by atoms with E-state index >= 15 is 0 Å². The van der Waals surface area contributed by atoms with Crippen LogP contribution in [0.4, 0.5) is 0 Å². The standard InChI is InChI=1S/C20H17ClO5/c1-3-24-14-6-4-13(5-7-14)10-18-19(22)16-9-8-15(11-17(16)26-18)25-20(23)12(2)21/h4-12H,3H2,1-2H3/b18-10-. The second-order valence-corrected chi connectivity index (χ2v) is 6.29. The van der Waals surface area contributed by atoms with E-state index in [1.54, 1.807) is 12.1 Å². The Balaban J connectivity index is 1.79. The summed E-state index contributed by atoms with van der Waals surface area (Å²) in [7, 11) is 0. The van der Waals surface area contributed by atoms with Crippen LogP contribution in [0.15, 0.2) is 48.2 Å². The first kappa shape index (κ1) is 18.0. The fourth-order valence-electron chi connectivity index (χ4n) is 2.41. The number of fused-ring (bicyclic) bond motifs is 1. The number of ether oxygens (including phenoxy) is 3. The summed E-state index contributed by atoms with van der Waals surface area (Å²) < 4.78 is 16.2. The maximum absolute atomic E-state index is 12.5. The maximum atomic E-state index is 12.5. The molecule has 0 amide bonds. The lowest BCUT2D eigenvalue weighted by Crippen LogP contribution is -2.17. The Kier molecular flexibility index (Phi) is 5.28. The summed E-state index contributed by atoms with van der Waals surface area (Å²) in [6.45, 7) is 4.03. The fourth-order valence-corrected chi connectivity index (χ4v) is 2.45. The van der Waals surface area contributed by atoms with Crippen LogP contribution in [0.1, 0.15) is 29.8 Å². The molecule has 2 aromatic carbocycles. The summed E-state index contributed by atoms with van der Waals surface area (Å²) in [5.74, 6) is 0.796. The normalized spacial score (nSPS) is 15.3. The highest BCUT2D eigenvalue weighted by molar-refractivity contribution is 6.29. The van der Waals surface area contributed by atoms with Crippen molar-refractivity contribution >= 4 is 29.4 Å². The highest BCUT2D eigenvalue weighted by atomic mass is 35.5. The quantitative estimate of drug-likeness (QED) is 0.340. The average molecular weight is 373 g/mol. The van der Waals surface area contributed by atoms with E-state index in [1.165, 1.54) is 19.1 Å². The van der Waals surface area contributed by atoms with E-state index in [4.69, 9.17) is 25.8 Å². The van der Waals surface area contributed by atoms with Gasteiger partial charge in [-0.05, 0) is 49.8 Å². The summed E-state index contributed by atoms with van der Waals surface area (Å²) in [6, 6.07) is 11.9. The number of carbonyl (C=O) groups excluding carboxylic acids is 2. The first-order chi connectivity index (χ1) is 12.5. The van der Waals surface area contributed by atoms with Crippen LogP contribution in [0.3, 0.4) is 0 Å². The molecule has 0 saturated heterocycles. The third-order valence-corrected chi connectivity index (χ3v) is 3.85. The molecule has 26 heavy (non-hydrogen) atoms. The van der Waals surface area contributed by atoms with Gasteiger partial charge in [-0.3, -0.25) is 9.59 Å². The van der Waals surface area contributed by atoms with E-state index < -0.39 is 11.3 Å². The molecule has 1 atom stereocenters. The Hall–Kier alpha value is -2.79. The van der Waals surface area contributed by atoms with Gasteiger partial charge in [0, 0.05) is 6.07 Å². The van der Waals surface area contributed by atoms with Crippen LogP contribution in [0.25, 0.3) is 6.08 Å². The molecule has 1 heterocycles. The van der Waals surface area contributed by atoms with Crippen LogP contribution in [0.5, 0.6) is 17.2 Å². The fraction of sp³-hybridized carbons (Fsp3) is 0.200. The van der Waals surface area contributed by atoms with Gasteiger partial charge in [0.2, 0.25) is 5.78 Å². The zero-order chi connectivity index (χ0) is 18.7. The lowest BCUT2D eigenvalue weighted by molar-refractivity contribution is -0.133. The monoisotopic (exact) mass is 372 g/mol. The van der Waals surface area contributed by atoms with E-state index in [0.717, 1.165) is 11.3 Å². The Morgan fingerprint density at radius 1 is 1.19 bits per heavy atom. The van der Waals surface area contributed by atoms with Crippen molar-refractivity contribution in [1.29, 1.82) is 0 Å². The first-order valence-corrected chi connectivity index (χ1v) is 8.58. The number of ketones is 1.